The van der Waals surface area contributed by atoms with E-state index in [0.29, 0.717) is 11.5 Å². The highest BCUT2D eigenvalue weighted by atomic mass is 16.5. The minimum Gasteiger partial charge on any atom is -0.494 e. The van der Waals surface area contributed by atoms with Crippen LogP contribution in [-0.2, 0) is 0 Å². The Balaban J connectivity index is 2.18. The van der Waals surface area contributed by atoms with Crippen LogP contribution in [0, 0.1) is 5.41 Å². The highest BCUT2D eigenvalue weighted by Crippen LogP contribution is 2.45. The van der Waals surface area contributed by atoms with Crippen molar-refractivity contribution < 1.29 is 14.2 Å². The molecule has 5 heteroatoms. The lowest BCUT2D eigenvalue weighted by Gasteiger charge is -2.18. The molecule has 0 amide bonds. The molecule has 2 rings (SSSR count). The second-order valence-electron chi connectivity index (χ2n) is 4.97. The van der Waals surface area contributed by atoms with Crippen molar-refractivity contribution in [1.82, 2.24) is 0 Å². The third kappa shape index (κ3) is 2.87. The van der Waals surface area contributed by atoms with Crippen molar-refractivity contribution in [2.75, 3.05) is 39.7 Å². The molecule has 0 unspecified atom stereocenters. The monoisotopic (exact) mass is 266 g/mol. The molecule has 0 aromatic heterocycles. The van der Waals surface area contributed by atoms with E-state index in [1.54, 1.807) is 21.3 Å². The van der Waals surface area contributed by atoms with Gasteiger partial charge >= 0.3 is 0 Å². The Morgan fingerprint density at radius 3 is 2.11 bits per heavy atom. The Bertz CT molecular complexity index is 445. The van der Waals surface area contributed by atoms with E-state index in [4.69, 9.17) is 19.9 Å². The third-order valence-electron chi connectivity index (χ3n) is 3.75. The van der Waals surface area contributed by atoms with Crippen LogP contribution in [0.3, 0.4) is 0 Å². The van der Waals surface area contributed by atoms with Crippen molar-refractivity contribution in [1.29, 1.82) is 0 Å². The van der Waals surface area contributed by atoms with Crippen LogP contribution in [0.25, 0.3) is 0 Å². The van der Waals surface area contributed by atoms with Crippen molar-refractivity contribution in [3.8, 4) is 17.2 Å². The molecular formula is C14H22N2O3. The summed E-state index contributed by atoms with van der Waals surface area (Å²) in [7, 11) is 4.87. The molecule has 19 heavy (non-hydrogen) atoms. The van der Waals surface area contributed by atoms with E-state index < -0.39 is 0 Å². The van der Waals surface area contributed by atoms with Gasteiger partial charge in [0, 0.05) is 18.7 Å². The number of benzene rings is 1. The summed E-state index contributed by atoms with van der Waals surface area (Å²) in [5.41, 5.74) is 6.95. The maximum Gasteiger partial charge on any atom is 0.164 e. The predicted molar refractivity (Wildman–Crippen MR) is 75.3 cm³/mol. The summed E-state index contributed by atoms with van der Waals surface area (Å²) in [6, 6.07) is 3.72. The molecule has 1 saturated carbocycles. The third-order valence-corrected chi connectivity index (χ3v) is 3.75. The fraction of sp³-hybridized carbons (Fsp3) is 0.571. The summed E-state index contributed by atoms with van der Waals surface area (Å²) < 4.78 is 15.9. The quantitative estimate of drug-likeness (QED) is 0.788. The number of rotatable bonds is 7. The summed E-state index contributed by atoms with van der Waals surface area (Å²) in [6.07, 6.45) is 2.37. The van der Waals surface area contributed by atoms with Crippen LogP contribution in [0.15, 0.2) is 12.1 Å². The predicted octanol–water partition coefficient (Wildman–Crippen LogP) is 1.86. The Labute approximate surface area is 114 Å². The van der Waals surface area contributed by atoms with Gasteiger partial charge in [0.1, 0.15) is 5.75 Å². The summed E-state index contributed by atoms with van der Waals surface area (Å²) in [5.74, 6) is 2.08. The highest BCUT2D eigenvalue weighted by molar-refractivity contribution is 5.64. The number of anilines is 1. The molecule has 1 aliphatic carbocycles. The number of nitrogens with two attached hydrogens (primary N) is 1. The van der Waals surface area contributed by atoms with Gasteiger partial charge in [0.2, 0.25) is 0 Å². The van der Waals surface area contributed by atoms with Gasteiger partial charge in [0.15, 0.2) is 11.5 Å². The van der Waals surface area contributed by atoms with Crippen molar-refractivity contribution >= 4 is 5.69 Å². The number of methoxy groups -OCH3 is 3. The Morgan fingerprint density at radius 1 is 1.05 bits per heavy atom. The van der Waals surface area contributed by atoms with E-state index in [0.717, 1.165) is 24.5 Å². The molecule has 0 spiro atoms. The van der Waals surface area contributed by atoms with Gasteiger partial charge in [0.05, 0.1) is 27.0 Å². The molecule has 0 atom stereocenters. The van der Waals surface area contributed by atoms with Crippen molar-refractivity contribution in [3.63, 3.8) is 0 Å². The molecule has 0 heterocycles. The smallest absolute Gasteiger partial charge is 0.164 e. The fourth-order valence-electron chi connectivity index (χ4n) is 2.08. The molecule has 1 aromatic rings. The molecule has 106 valence electrons. The van der Waals surface area contributed by atoms with Crippen LogP contribution in [-0.4, -0.2) is 34.4 Å². The first-order valence-corrected chi connectivity index (χ1v) is 6.42. The Kier molecular flexibility index (Phi) is 4.04. The normalized spacial score (nSPS) is 15.8. The van der Waals surface area contributed by atoms with Gasteiger partial charge in [-0.05, 0) is 24.8 Å². The first-order valence-electron chi connectivity index (χ1n) is 6.42. The number of nitrogens with one attached hydrogen (secondary N) is 1. The molecule has 0 aliphatic heterocycles. The van der Waals surface area contributed by atoms with E-state index >= 15 is 0 Å². The average Bonchev–Trinajstić information content (AvgIpc) is 3.24. The van der Waals surface area contributed by atoms with Gasteiger partial charge in [-0.2, -0.15) is 0 Å². The molecule has 5 nitrogen and oxygen atoms in total. The Hall–Kier alpha value is -1.62. The van der Waals surface area contributed by atoms with Crippen LogP contribution in [0.2, 0.25) is 0 Å². The van der Waals surface area contributed by atoms with Crippen molar-refractivity contribution in [2.24, 2.45) is 11.1 Å². The van der Waals surface area contributed by atoms with E-state index in [1.165, 1.54) is 12.8 Å². The fourth-order valence-corrected chi connectivity index (χ4v) is 2.08. The van der Waals surface area contributed by atoms with E-state index in [2.05, 4.69) is 5.32 Å². The summed E-state index contributed by atoms with van der Waals surface area (Å²) >= 11 is 0. The molecule has 0 bridgehead atoms. The van der Waals surface area contributed by atoms with Gasteiger partial charge in [0.25, 0.3) is 0 Å². The van der Waals surface area contributed by atoms with Crippen molar-refractivity contribution in [2.45, 2.75) is 12.8 Å². The van der Waals surface area contributed by atoms with Crippen molar-refractivity contribution in [3.05, 3.63) is 12.1 Å². The standard InChI is InChI=1S/C14H22N2O3/c1-17-11-7-13(19-3)12(18-2)6-10(11)16-9-14(8-15)4-5-14/h6-7,16H,4-5,8-9,15H2,1-3H3. The lowest BCUT2D eigenvalue weighted by atomic mass is 10.1. The molecule has 1 fully saturated rings. The molecule has 3 N–H and O–H groups in total. The van der Waals surface area contributed by atoms with Gasteiger partial charge in [-0.1, -0.05) is 0 Å². The van der Waals surface area contributed by atoms with Crippen LogP contribution in [0.1, 0.15) is 12.8 Å². The topological polar surface area (TPSA) is 65.7 Å². The average molecular weight is 266 g/mol. The minimum atomic E-state index is 0.262. The van der Waals surface area contributed by atoms with Gasteiger partial charge in [-0.3, -0.25) is 0 Å². The number of hydrogen-bond acceptors (Lipinski definition) is 5. The van der Waals surface area contributed by atoms with Gasteiger partial charge in [-0.15, -0.1) is 0 Å². The van der Waals surface area contributed by atoms with E-state index in [-0.39, 0.29) is 5.41 Å². The SMILES string of the molecule is COc1cc(OC)c(OC)cc1NCC1(CN)CC1. The highest BCUT2D eigenvalue weighted by Gasteiger charge is 2.40. The Morgan fingerprint density at radius 2 is 1.63 bits per heavy atom. The lowest BCUT2D eigenvalue weighted by molar-refractivity contribution is 0.349. The molecule has 1 aromatic carbocycles. The minimum absolute atomic E-state index is 0.262. The molecule has 1 aliphatic rings. The van der Waals surface area contributed by atoms with E-state index in [9.17, 15) is 0 Å². The van der Waals surface area contributed by atoms with Crippen LogP contribution in [0.5, 0.6) is 17.2 Å². The molecule has 0 radical (unpaired) electrons. The number of ether oxygens (including phenoxy) is 3. The van der Waals surface area contributed by atoms with Crippen LogP contribution < -0.4 is 25.3 Å². The second-order valence-corrected chi connectivity index (χ2v) is 4.97. The summed E-state index contributed by atoms with van der Waals surface area (Å²) in [4.78, 5) is 0. The molecular weight excluding hydrogens is 244 g/mol. The maximum atomic E-state index is 5.79. The zero-order valence-corrected chi connectivity index (χ0v) is 11.8. The molecule has 0 saturated heterocycles. The first kappa shape index (κ1) is 13.8. The summed E-state index contributed by atoms with van der Waals surface area (Å²) in [5, 5.41) is 3.40. The maximum absolute atomic E-state index is 5.79. The summed E-state index contributed by atoms with van der Waals surface area (Å²) in [6.45, 7) is 1.57. The lowest BCUT2D eigenvalue weighted by Crippen LogP contribution is -2.24. The van der Waals surface area contributed by atoms with Crippen LogP contribution >= 0.6 is 0 Å². The van der Waals surface area contributed by atoms with Gasteiger partial charge < -0.3 is 25.3 Å². The largest absolute Gasteiger partial charge is 0.494 e. The van der Waals surface area contributed by atoms with Gasteiger partial charge in [-0.25, -0.2) is 0 Å². The number of hydrogen-bond donors (Lipinski definition) is 2. The zero-order chi connectivity index (χ0) is 13.9. The van der Waals surface area contributed by atoms with Crippen LogP contribution in [0.4, 0.5) is 5.69 Å². The second kappa shape index (κ2) is 5.57. The first-order chi connectivity index (χ1) is 9.18. The zero-order valence-electron chi connectivity index (χ0n) is 11.8. The van der Waals surface area contributed by atoms with E-state index in [1.807, 2.05) is 12.1 Å².